The standard InChI is InChI=1S/C24H27F2N3O4S/c25-20-7-3-2-6-19(20)24(31)28-14-10-18(11-15-28)27-23(30)17-8-9-21(26)22(16-17)34(32,33)29-12-4-1-5-13-29/h2-3,6-9,16,18H,1,4-5,10-15H2,(H,27,30). The Balaban J connectivity index is 1.40. The SMILES string of the molecule is O=C(NC1CCN(C(=O)c2ccccc2F)CC1)c1ccc(F)c(S(=O)(=O)N2CCCCC2)c1. The summed E-state index contributed by atoms with van der Waals surface area (Å²) < 4.78 is 55.4. The molecule has 2 saturated heterocycles. The van der Waals surface area contributed by atoms with Gasteiger partial charge in [-0.15, -0.1) is 0 Å². The maximum atomic E-state index is 14.4. The quantitative estimate of drug-likeness (QED) is 0.696. The van der Waals surface area contributed by atoms with E-state index >= 15 is 0 Å². The predicted molar refractivity (Wildman–Crippen MR) is 122 cm³/mol. The van der Waals surface area contributed by atoms with Gasteiger partial charge in [0.2, 0.25) is 10.0 Å². The second-order valence-corrected chi connectivity index (χ2v) is 10.5. The third-order valence-electron chi connectivity index (χ3n) is 6.35. The fourth-order valence-corrected chi connectivity index (χ4v) is 5.99. The molecule has 2 aromatic carbocycles. The van der Waals surface area contributed by atoms with Crippen LogP contribution in [0.25, 0.3) is 0 Å². The summed E-state index contributed by atoms with van der Waals surface area (Å²) in [5, 5.41) is 2.84. The van der Waals surface area contributed by atoms with E-state index in [1.165, 1.54) is 28.6 Å². The van der Waals surface area contributed by atoms with E-state index in [1.54, 1.807) is 11.0 Å². The highest BCUT2D eigenvalue weighted by atomic mass is 32.2. The average molecular weight is 492 g/mol. The van der Waals surface area contributed by atoms with Crippen LogP contribution in [0.5, 0.6) is 0 Å². The number of nitrogens with zero attached hydrogens (tertiary/aromatic N) is 2. The largest absolute Gasteiger partial charge is 0.349 e. The van der Waals surface area contributed by atoms with Crippen LogP contribution < -0.4 is 5.32 Å². The van der Waals surface area contributed by atoms with E-state index in [2.05, 4.69) is 5.32 Å². The number of amides is 2. The van der Waals surface area contributed by atoms with Crippen LogP contribution in [0.4, 0.5) is 8.78 Å². The predicted octanol–water partition coefficient (Wildman–Crippen LogP) is 3.17. The lowest BCUT2D eigenvalue weighted by atomic mass is 10.0. The number of carbonyl (C=O) groups excluding carboxylic acids is 2. The van der Waals surface area contributed by atoms with E-state index in [0.717, 1.165) is 31.4 Å². The van der Waals surface area contributed by atoms with Crippen LogP contribution >= 0.6 is 0 Å². The lowest BCUT2D eigenvalue weighted by Crippen LogP contribution is -2.46. The second kappa shape index (κ2) is 10.2. The van der Waals surface area contributed by atoms with E-state index in [9.17, 15) is 26.8 Å². The molecule has 34 heavy (non-hydrogen) atoms. The maximum Gasteiger partial charge on any atom is 0.256 e. The Kier molecular flexibility index (Phi) is 7.27. The van der Waals surface area contributed by atoms with Gasteiger partial charge in [0.15, 0.2) is 0 Å². The molecule has 0 bridgehead atoms. The fourth-order valence-electron chi connectivity index (χ4n) is 4.39. The minimum absolute atomic E-state index is 0.0127. The van der Waals surface area contributed by atoms with E-state index in [-0.39, 0.29) is 17.2 Å². The molecule has 0 spiro atoms. The maximum absolute atomic E-state index is 14.4. The van der Waals surface area contributed by atoms with E-state index in [0.29, 0.717) is 39.0 Å². The van der Waals surface area contributed by atoms with Crippen molar-refractivity contribution in [3.8, 4) is 0 Å². The molecule has 10 heteroatoms. The number of hydrogen-bond acceptors (Lipinski definition) is 4. The zero-order valence-corrected chi connectivity index (χ0v) is 19.5. The number of piperidine rings is 2. The van der Waals surface area contributed by atoms with Crippen molar-refractivity contribution in [2.75, 3.05) is 26.2 Å². The Morgan fingerprint density at radius 2 is 1.56 bits per heavy atom. The minimum Gasteiger partial charge on any atom is -0.349 e. The first-order valence-corrected chi connectivity index (χ1v) is 12.9. The van der Waals surface area contributed by atoms with Crippen LogP contribution in [0.15, 0.2) is 47.4 Å². The zero-order valence-electron chi connectivity index (χ0n) is 18.7. The Bertz CT molecular complexity index is 1170. The first-order chi connectivity index (χ1) is 16.3. The number of likely N-dealkylation sites (tertiary alicyclic amines) is 1. The van der Waals surface area contributed by atoms with Crippen LogP contribution in [-0.2, 0) is 10.0 Å². The number of hydrogen-bond donors (Lipinski definition) is 1. The molecule has 2 amide bonds. The van der Waals surface area contributed by atoms with Crippen LogP contribution in [0.2, 0.25) is 0 Å². The van der Waals surface area contributed by atoms with Gasteiger partial charge < -0.3 is 10.2 Å². The number of benzene rings is 2. The van der Waals surface area contributed by atoms with Crippen LogP contribution in [0.1, 0.15) is 52.8 Å². The van der Waals surface area contributed by atoms with Gasteiger partial charge in [0.1, 0.15) is 16.5 Å². The third-order valence-corrected chi connectivity index (χ3v) is 8.26. The van der Waals surface area contributed by atoms with Gasteiger partial charge in [-0.25, -0.2) is 17.2 Å². The number of rotatable bonds is 5. The van der Waals surface area contributed by atoms with Gasteiger partial charge >= 0.3 is 0 Å². The Morgan fingerprint density at radius 1 is 0.882 bits per heavy atom. The number of nitrogens with one attached hydrogen (secondary N) is 1. The summed E-state index contributed by atoms with van der Waals surface area (Å²) in [5.41, 5.74) is 0.0700. The smallest absolute Gasteiger partial charge is 0.256 e. The molecular weight excluding hydrogens is 464 g/mol. The molecule has 0 unspecified atom stereocenters. The summed E-state index contributed by atoms with van der Waals surface area (Å²) in [7, 11) is -4.02. The molecule has 0 atom stereocenters. The molecule has 2 aromatic rings. The first-order valence-electron chi connectivity index (χ1n) is 11.4. The fraction of sp³-hybridized carbons (Fsp3) is 0.417. The molecular formula is C24H27F2N3O4S. The monoisotopic (exact) mass is 491 g/mol. The molecule has 0 aliphatic carbocycles. The van der Waals surface area contributed by atoms with Gasteiger partial charge in [-0.3, -0.25) is 9.59 Å². The minimum atomic E-state index is -4.02. The number of sulfonamides is 1. The number of carbonyl (C=O) groups is 2. The first kappa shape index (κ1) is 24.3. The van der Waals surface area contributed by atoms with Crippen molar-refractivity contribution in [1.82, 2.24) is 14.5 Å². The summed E-state index contributed by atoms with van der Waals surface area (Å²) in [4.78, 5) is 26.4. The molecule has 4 rings (SSSR count). The highest BCUT2D eigenvalue weighted by Crippen LogP contribution is 2.24. The molecule has 7 nitrogen and oxygen atoms in total. The van der Waals surface area contributed by atoms with Crippen molar-refractivity contribution in [3.05, 3.63) is 65.2 Å². The lowest BCUT2D eigenvalue weighted by molar-refractivity contribution is 0.0693. The molecule has 0 aromatic heterocycles. The second-order valence-electron chi connectivity index (χ2n) is 8.63. The number of halogens is 2. The zero-order chi connectivity index (χ0) is 24.3. The topological polar surface area (TPSA) is 86.8 Å². The van der Waals surface area contributed by atoms with E-state index in [4.69, 9.17) is 0 Å². The van der Waals surface area contributed by atoms with Gasteiger partial charge in [0.05, 0.1) is 5.56 Å². The van der Waals surface area contributed by atoms with E-state index in [1.807, 2.05) is 0 Å². The van der Waals surface area contributed by atoms with Gasteiger partial charge in [-0.05, 0) is 56.0 Å². The molecule has 1 N–H and O–H groups in total. The third kappa shape index (κ3) is 5.12. The summed E-state index contributed by atoms with van der Waals surface area (Å²) in [6, 6.07) is 8.91. The van der Waals surface area contributed by atoms with Crippen molar-refractivity contribution in [2.45, 2.75) is 43.0 Å². The van der Waals surface area contributed by atoms with Crippen LogP contribution in [0, 0.1) is 11.6 Å². The van der Waals surface area contributed by atoms with Crippen molar-refractivity contribution in [2.24, 2.45) is 0 Å². The summed E-state index contributed by atoms with van der Waals surface area (Å²) in [6.45, 7) is 1.36. The van der Waals surface area contributed by atoms with Gasteiger partial charge in [0, 0.05) is 37.8 Å². The van der Waals surface area contributed by atoms with Crippen molar-refractivity contribution >= 4 is 21.8 Å². The van der Waals surface area contributed by atoms with Crippen molar-refractivity contribution in [1.29, 1.82) is 0 Å². The molecule has 2 aliphatic rings. The Labute approximate surface area is 197 Å². The van der Waals surface area contributed by atoms with Gasteiger partial charge in [-0.2, -0.15) is 4.31 Å². The molecule has 0 radical (unpaired) electrons. The Hall–Kier alpha value is -2.85. The Morgan fingerprint density at radius 3 is 2.24 bits per heavy atom. The highest BCUT2D eigenvalue weighted by Gasteiger charge is 2.30. The summed E-state index contributed by atoms with van der Waals surface area (Å²) in [5.74, 6) is -2.36. The van der Waals surface area contributed by atoms with Crippen molar-refractivity contribution in [3.63, 3.8) is 0 Å². The van der Waals surface area contributed by atoms with E-state index < -0.39 is 38.4 Å². The molecule has 2 aliphatic heterocycles. The molecule has 182 valence electrons. The lowest BCUT2D eigenvalue weighted by Gasteiger charge is -2.32. The summed E-state index contributed by atoms with van der Waals surface area (Å²) >= 11 is 0. The molecule has 0 saturated carbocycles. The molecule has 2 heterocycles. The van der Waals surface area contributed by atoms with Gasteiger partial charge in [-0.1, -0.05) is 18.6 Å². The molecule has 2 fully saturated rings. The van der Waals surface area contributed by atoms with Crippen molar-refractivity contribution < 1.29 is 26.8 Å². The van der Waals surface area contributed by atoms with Gasteiger partial charge in [0.25, 0.3) is 11.8 Å². The van der Waals surface area contributed by atoms with Crippen LogP contribution in [0.3, 0.4) is 0 Å². The summed E-state index contributed by atoms with van der Waals surface area (Å²) in [6.07, 6.45) is 3.30. The highest BCUT2D eigenvalue weighted by molar-refractivity contribution is 7.89. The van der Waals surface area contributed by atoms with Crippen LogP contribution in [-0.4, -0.2) is 61.7 Å². The average Bonchev–Trinajstić information content (AvgIpc) is 2.85. The normalized spacial score (nSPS) is 18.0.